The number of allylic oxidation sites excluding steroid dienone is 1. The lowest BCUT2D eigenvalue weighted by Gasteiger charge is -2.28. The number of H-pyrrole nitrogens is 1. The molecule has 2 atom stereocenters. The number of aromatic amines is 1. The highest BCUT2D eigenvalue weighted by molar-refractivity contribution is 6.21. The van der Waals surface area contributed by atoms with Gasteiger partial charge >= 0.3 is 0 Å². The minimum absolute atomic E-state index is 0.214. The van der Waals surface area contributed by atoms with E-state index in [1.54, 1.807) is 12.5 Å². The fourth-order valence-corrected chi connectivity index (χ4v) is 2.62. The van der Waals surface area contributed by atoms with Crippen LogP contribution in [-0.4, -0.2) is 28.6 Å². The Bertz CT molecular complexity index is 366. The molecule has 2 rings (SSSR count). The summed E-state index contributed by atoms with van der Waals surface area (Å²) in [6.45, 7) is 6.00. The van der Waals surface area contributed by atoms with Gasteiger partial charge in [-0.3, -0.25) is 5.32 Å². The molecule has 1 aliphatic rings. The molecule has 5 heteroatoms. The fourth-order valence-electron chi connectivity index (χ4n) is 2.19. The normalized spacial score (nSPS) is 24.4. The number of nitrogens with zero attached hydrogens (tertiary/aromatic N) is 1. The molecule has 0 saturated heterocycles. The first-order valence-corrected chi connectivity index (χ1v) is 6.76. The lowest BCUT2D eigenvalue weighted by atomic mass is 9.86. The van der Waals surface area contributed by atoms with Crippen LogP contribution in [-0.2, 0) is 11.3 Å². The first-order valence-electron chi connectivity index (χ1n) is 6.32. The number of alkyl halides is 1. The first kappa shape index (κ1) is 13.6. The monoisotopic (exact) mass is 269 g/mol. The maximum atomic E-state index is 6.32. The molecule has 1 aromatic heterocycles. The van der Waals surface area contributed by atoms with Crippen molar-refractivity contribution in [3.05, 3.63) is 30.4 Å². The van der Waals surface area contributed by atoms with Crippen LogP contribution in [0.1, 0.15) is 25.0 Å². The van der Waals surface area contributed by atoms with E-state index in [1.807, 2.05) is 0 Å². The molecule has 2 unspecified atom stereocenters. The molecule has 18 heavy (non-hydrogen) atoms. The maximum Gasteiger partial charge on any atom is 0.0970 e. The van der Waals surface area contributed by atoms with Crippen molar-refractivity contribution in [3.8, 4) is 0 Å². The van der Waals surface area contributed by atoms with Gasteiger partial charge in [0.2, 0.25) is 0 Å². The highest BCUT2D eigenvalue weighted by Crippen LogP contribution is 2.30. The molecular weight excluding hydrogens is 250 g/mol. The third-order valence-electron chi connectivity index (χ3n) is 3.29. The second-order valence-electron chi connectivity index (χ2n) is 4.79. The van der Waals surface area contributed by atoms with Crippen molar-refractivity contribution < 1.29 is 4.74 Å². The second kappa shape index (κ2) is 6.92. The van der Waals surface area contributed by atoms with E-state index < -0.39 is 0 Å². The molecule has 1 saturated carbocycles. The minimum atomic E-state index is 0.214. The zero-order valence-corrected chi connectivity index (χ0v) is 11.2. The predicted molar refractivity (Wildman–Crippen MR) is 72.4 cm³/mol. The van der Waals surface area contributed by atoms with E-state index in [1.165, 1.54) is 5.57 Å². The Morgan fingerprint density at radius 3 is 3.22 bits per heavy atom. The quantitative estimate of drug-likeness (QED) is 0.361. The van der Waals surface area contributed by atoms with Crippen LogP contribution in [0.2, 0.25) is 0 Å². The van der Waals surface area contributed by atoms with Crippen LogP contribution >= 0.6 is 11.6 Å². The molecule has 2 N–H and O–H groups in total. The van der Waals surface area contributed by atoms with E-state index in [0.717, 1.165) is 31.5 Å². The average Bonchev–Trinajstić information content (AvgIpc) is 2.84. The number of aromatic nitrogens is 2. The average molecular weight is 270 g/mol. The molecule has 4 nitrogen and oxygen atoms in total. The molecule has 1 aromatic rings. The van der Waals surface area contributed by atoms with Crippen molar-refractivity contribution in [1.82, 2.24) is 15.3 Å². The van der Waals surface area contributed by atoms with Crippen molar-refractivity contribution >= 4 is 11.6 Å². The molecule has 0 spiro atoms. The maximum absolute atomic E-state index is 6.32. The molecule has 100 valence electrons. The Kier molecular flexibility index (Phi) is 5.23. The molecule has 0 amide bonds. The van der Waals surface area contributed by atoms with Gasteiger partial charge in [0, 0.05) is 11.9 Å². The zero-order chi connectivity index (χ0) is 12.8. The SMILES string of the molecule is C=C1CCC(CNCOCc2cnc[nH]2)C(Cl)C1. The van der Waals surface area contributed by atoms with Gasteiger partial charge in [-0.2, -0.15) is 0 Å². The lowest BCUT2D eigenvalue weighted by molar-refractivity contribution is 0.0974. The van der Waals surface area contributed by atoms with Gasteiger partial charge in [-0.05, 0) is 25.2 Å². The van der Waals surface area contributed by atoms with Crippen LogP contribution in [0.5, 0.6) is 0 Å². The van der Waals surface area contributed by atoms with Crippen LogP contribution in [0.4, 0.5) is 0 Å². The Labute approximate surface area is 113 Å². The number of nitrogens with one attached hydrogen (secondary N) is 2. The fraction of sp³-hybridized carbons (Fsp3) is 0.615. The zero-order valence-electron chi connectivity index (χ0n) is 10.5. The highest BCUT2D eigenvalue weighted by Gasteiger charge is 2.24. The smallest absolute Gasteiger partial charge is 0.0970 e. The summed E-state index contributed by atoms with van der Waals surface area (Å²) in [5, 5.41) is 3.51. The molecule has 1 heterocycles. The van der Waals surface area contributed by atoms with Crippen LogP contribution in [0.15, 0.2) is 24.7 Å². The minimum Gasteiger partial charge on any atom is -0.360 e. The Morgan fingerprint density at radius 1 is 1.61 bits per heavy atom. The number of hydrogen-bond acceptors (Lipinski definition) is 3. The summed E-state index contributed by atoms with van der Waals surface area (Å²) >= 11 is 6.32. The summed E-state index contributed by atoms with van der Waals surface area (Å²) in [6, 6.07) is 0. The number of imidazole rings is 1. The van der Waals surface area contributed by atoms with Crippen LogP contribution in [0, 0.1) is 5.92 Å². The molecule has 1 aliphatic carbocycles. The van der Waals surface area contributed by atoms with Gasteiger partial charge in [-0.25, -0.2) is 4.98 Å². The van der Waals surface area contributed by atoms with Gasteiger partial charge in [0.15, 0.2) is 0 Å². The molecule has 0 aromatic carbocycles. The van der Waals surface area contributed by atoms with Gasteiger partial charge < -0.3 is 9.72 Å². The van der Waals surface area contributed by atoms with Gasteiger partial charge in [-0.1, -0.05) is 12.2 Å². The second-order valence-corrected chi connectivity index (χ2v) is 5.35. The molecule has 0 radical (unpaired) electrons. The third-order valence-corrected chi connectivity index (χ3v) is 3.80. The van der Waals surface area contributed by atoms with Gasteiger partial charge in [-0.15, -0.1) is 11.6 Å². The van der Waals surface area contributed by atoms with Crippen molar-refractivity contribution in [2.45, 2.75) is 31.2 Å². The highest BCUT2D eigenvalue weighted by atomic mass is 35.5. The lowest BCUT2D eigenvalue weighted by Crippen LogP contribution is -2.32. The predicted octanol–water partition coefficient (Wildman–Crippen LogP) is 2.44. The van der Waals surface area contributed by atoms with Gasteiger partial charge in [0.25, 0.3) is 0 Å². The number of hydrogen-bond donors (Lipinski definition) is 2. The van der Waals surface area contributed by atoms with E-state index in [9.17, 15) is 0 Å². The Hall–Kier alpha value is -0.840. The summed E-state index contributed by atoms with van der Waals surface area (Å²) in [6.07, 6.45) is 6.59. The third kappa shape index (κ3) is 4.12. The summed E-state index contributed by atoms with van der Waals surface area (Å²) < 4.78 is 5.48. The van der Waals surface area contributed by atoms with Gasteiger partial charge in [0.1, 0.15) is 0 Å². The molecular formula is C13H20ClN3O. The number of rotatable bonds is 6. The van der Waals surface area contributed by atoms with E-state index in [2.05, 4.69) is 21.9 Å². The summed E-state index contributed by atoms with van der Waals surface area (Å²) in [5.41, 5.74) is 2.27. The first-order chi connectivity index (χ1) is 8.75. The largest absolute Gasteiger partial charge is 0.360 e. The number of halogens is 1. The topological polar surface area (TPSA) is 49.9 Å². The van der Waals surface area contributed by atoms with Crippen LogP contribution in [0.3, 0.4) is 0 Å². The van der Waals surface area contributed by atoms with E-state index in [4.69, 9.17) is 16.3 Å². The van der Waals surface area contributed by atoms with Crippen molar-refractivity contribution in [1.29, 1.82) is 0 Å². The van der Waals surface area contributed by atoms with Crippen LogP contribution in [0.25, 0.3) is 0 Å². The summed E-state index contributed by atoms with van der Waals surface area (Å²) in [7, 11) is 0. The van der Waals surface area contributed by atoms with Crippen molar-refractivity contribution in [2.75, 3.05) is 13.3 Å². The van der Waals surface area contributed by atoms with Gasteiger partial charge in [0.05, 0.1) is 31.6 Å². The standard InChI is InChI=1S/C13H20ClN3O/c1-10-2-3-11(13(14)4-10)5-16-9-18-7-12-6-15-8-17-12/h6,8,11,13,16H,1-5,7,9H2,(H,15,17). The number of ether oxygens (including phenoxy) is 1. The van der Waals surface area contributed by atoms with Crippen molar-refractivity contribution in [2.24, 2.45) is 5.92 Å². The molecule has 0 bridgehead atoms. The molecule has 0 aliphatic heterocycles. The van der Waals surface area contributed by atoms with Crippen molar-refractivity contribution in [3.63, 3.8) is 0 Å². The summed E-state index contributed by atoms with van der Waals surface area (Å²) in [5.74, 6) is 0.521. The summed E-state index contributed by atoms with van der Waals surface area (Å²) in [4.78, 5) is 6.92. The van der Waals surface area contributed by atoms with E-state index >= 15 is 0 Å². The van der Waals surface area contributed by atoms with E-state index in [-0.39, 0.29) is 5.38 Å². The Morgan fingerprint density at radius 2 is 2.50 bits per heavy atom. The Balaban J connectivity index is 1.56. The molecule has 1 fully saturated rings. The van der Waals surface area contributed by atoms with E-state index in [0.29, 0.717) is 19.3 Å². The van der Waals surface area contributed by atoms with Crippen LogP contribution < -0.4 is 5.32 Å².